The van der Waals surface area contributed by atoms with E-state index < -0.39 is 0 Å². The van der Waals surface area contributed by atoms with Crippen molar-refractivity contribution in [3.63, 3.8) is 0 Å². The van der Waals surface area contributed by atoms with E-state index in [2.05, 4.69) is 52.9 Å². The fraction of sp³-hybridized carbons (Fsp3) is 0.267. The minimum atomic E-state index is 0.0368. The highest BCUT2D eigenvalue weighted by atomic mass is 79.9. The first kappa shape index (κ1) is 13.7. The Morgan fingerprint density at radius 3 is 2.91 bits per heavy atom. The number of hydrogen-bond acceptors (Lipinski definition) is 5. The van der Waals surface area contributed by atoms with Crippen LogP contribution in [0.5, 0.6) is 0 Å². The van der Waals surface area contributed by atoms with Gasteiger partial charge in [0.15, 0.2) is 11.5 Å². The number of rotatable bonds is 2. The number of fused-ring (bicyclic) bond motifs is 1. The zero-order valence-corrected chi connectivity index (χ0v) is 13.3. The fourth-order valence-corrected chi connectivity index (χ4v) is 2.98. The van der Waals surface area contributed by atoms with Crippen LogP contribution in [-0.2, 0) is 4.74 Å². The van der Waals surface area contributed by atoms with Gasteiger partial charge in [0, 0.05) is 17.6 Å². The first-order valence-electron chi connectivity index (χ1n) is 7.07. The summed E-state index contributed by atoms with van der Waals surface area (Å²) in [5.41, 5.74) is 2.73. The normalized spacial score (nSPS) is 18.8. The average Bonchev–Trinajstić information content (AvgIpc) is 3.04. The standard InChI is InChI=1S/C15H14BrN5O/c16-11-3-1-10(2-4-11)12-7-21(5-6-22-12)15-13-14(18-8-17-13)19-9-20-15/h1-4,8-9,12H,5-7H2,(H,17,18,19,20). The first-order chi connectivity index (χ1) is 10.8. The molecule has 1 fully saturated rings. The number of morpholine rings is 1. The predicted molar refractivity (Wildman–Crippen MR) is 86.7 cm³/mol. The monoisotopic (exact) mass is 359 g/mol. The van der Waals surface area contributed by atoms with Crippen LogP contribution in [0.3, 0.4) is 0 Å². The molecular formula is C15H14BrN5O. The van der Waals surface area contributed by atoms with Crippen LogP contribution >= 0.6 is 15.9 Å². The molecule has 7 heteroatoms. The minimum absolute atomic E-state index is 0.0368. The number of nitrogens with one attached hydrogen (secondary N) is 1. The Morgan fingerprint density at radius 2 is 2.05 bits per heavy atom. The molecule has 1 atom stereocenters. The summed E-state index contributed by atoms with van der Waals surface area (Å²) >= 11 is 3.46. The van der Waals surface area contributed by atoms with Crippen molar-refractivity contribution in [2.75, 3.05) is 24.6 Å². The van der Waals surface area contributed by atoms with Crippen LogP contribution in [0.1, 0.15) is 11.7 Å². The topological polar surface area (TPSA) is 66.9 Å². The van der Waals surface area contributed by atoms with Gasteiger partial charge in [0.2, 0.25) is 0 Å². The second-order valence-corrected chi connectivity index (χ2v) is 6.07. The number of hydrogen-bond donors (Lipinski definition) is 1. The molecule has 0 amide bonds. The Morgan fingerprint density at radius 1 is 1.18 bits per heavy atom. The number of aromatic nitrogens is 4. The summed E-state index contributed by atoms with van der Waals surface area (Å²) < 4.78 is 6.99. The summed E-state index contributed by atoms with van der Waals surface area (Å²) in [5, 5.41) is 0. The van der Waals surface area contributed by atoms with Gasteiger partial charge in [-0.2, -0.15) is 0 Å². The molecule has 1 aliphatic heterocycles. The highest BCUT2D eigenvalue weighted by molar-refractivity contribution is 9.10. The lowest BCUT2D eigenvalue weighted by Crippen LogP contribution is -2.39. The van der Waals surface area contributed by atoms with Crippen molar-refractivity contribution in [3.05, 3.63) is 47.0 Å². The predicted octanol–water partition coefficient (Wildman–Crippen LogP) is 2.69. The summed E-state index contributed by atoms with van der Waals surface area (Å²) in [6, 6.07) is 8.25. The Labute approximate surface area is 135 Å². The van der Waals surface area contributed by atoms with E-state index in [4.69, 9.17) is 4.74 Å². The van der Waals surface area contributed by atoms with Crippen LogP contribution in [-0.4, -0.2) is 39.6 Å². The number of ether oxygens (including phenoxy) is 1. The third-order valence-electron chi connectivity index (χ3n) is 3.81. The molecule has 1 N–H and O–H groups in total. The fourth-order valence-electron chi connectivity index (χ4n) is 2.71. The number of anilines is 1. The van der Waals surface area contributed by atoms with Gasteiger partial charge >= 0.3 is 0 Å². The molecule has 1 unspecified atom stereocenters. The third kappa shape index (κ3) is 2.46. The molecule has 1 aliphatic rings. The number of benzene rings is 1. The highest BCUT2D eigenvalue weighted by Crippen LogP contribution is 2.28. The van der Waals surface area contributed by atoms with E-state index >= 15 is 0 Å². The molecule has 112 valence electrons. The third-order valence-corrected chi connectivity index (χ3v) is 4.34. The van der Waals surface area contributed by atoms with Crippen molar-refractivity contribution < 1.29 is 4.74 Å². The second kappa shape index (κ2) is 5.66. The van der Waals surface area contributed by atoms with Gasteiger partial charge in [-0.05, 0) is 17.7 Å². The van der Waals surface area contributed by atoms with Gasteiger partial charge in [0.05, 0.1) is 12.9 Å². The molecule has 3 aromatic rings. The van der Waals surface area contributed by atoms with E-state index in [-0.39, 0.29) is 6.10 Å². The Hall–Kier alpha value is -1.99. The maximum absolute atomic E-state index is 5.92. The first-order valence-corrected chi connectivity index (χ1v) is 7.86. The molecule has 0 saturated carbocycles. The summed E-state index contributed by atoms with van der Waals surface area (Å²) in [7, 11) is 0. The smallest absolute Gasteiger partial charge is 0.182 e. The number of imidazole rings is 1. The van der Waals surface area contributed by atoms with Crippen LogP contribution in [0.15, 0.2) is 41.4 Å². The lowest BCUT2D eigenvalue weighted by molar-refractivity contribution is 0.0396. The van der Waals surface area contributed by atoms with Crippen molar-refractivity contribution in [1.82, 2.24) is 19.9 Å². The zero-order valence-electron chi connectivity index (χ0n) is 11.7. The highest BCUT2D eigenvalue weighted by Gasteiger charge is 2.24. The molecule has 0 aliphatic carbocycles. The summed E-state index contributed by atoms with van der Waals surface area (Å²) in [6.07, 6.45) is 3.24. The summed E-state index contributed by atoms with van der Waals surface area (Å²) in [4.78, 5) is 18.1. The maximum Gasteiger partial charge on any atom is 0.182 e. The summed E-state index contributed by atoms with van der Waals surface area (Å²) in [5.74, 6) is 0.882. The van der Waals surface area contributed by atoms with Crippen LogP contribution in [0, 0.1) is 0 Å². The molecule has 22 heavy (non-hydrogen) atoms. The van der Waals surface area contributed by atoms with E-state index in [0.717, 1.165) is 28.9 Å². The van der Waals surface area contributed by atoms with Crippen molar-refractivity contribution in [3.8, 4) is 0 Å². The van der Waals surface area contributed by atoms with Gasteiger partial charge in [-0.3, -0.25) is 0 Å². The number of aromatic amines is 1. The van der Waals surface area contributed by atoms with Crippen LogP contribution in [0.25, 0.3) is 11.2 Å². The van der Waals surface area contributed by atoms with E-state index in [1.807, 2.05) is 12.1 Å². The molecule has 1 saturated heterocycles. The van der Waals surface area contributed by atoms with Crippen molar-refractivity contribution in [1.29, 1.82) is 0 Å². The van der Waals surface area contributed by atoms with E-state index in [1.165, 1.54) is 5.56 Å². The van der Waals surface area contributed by atoms with Crippen molar-refractivity contribution in [2.24, 2.45) is 0 Å². The van der Waals surface area contributed by atoms with E-state index in [1.54, 1.807) is 12.7 Å². The largest absolute Gasteiger partial charge is 0.370 e. The number of nitrogens with zero attached hydrogens (tertiary/aromatic N) is 4. The van der Waals surface area contributed by atoms with Gasteiger partial charge in [-0.25, -0.2) is 15.0 Å². The molecule has 0 bridgehead atoms. The van der Waals surface area contributed by atoms with Gasteiger partial charge in [-0.1, -0.05) is 28.1 Å². The van der Waals surface area contributed by atoms with E-state index in [0.29, 0.717) is 12.3 Å². The SMILES string of the molecule is Brc1ccc(C2CN(c3ncnc4nc[nH]c34)CCO2)cc1. The average molecular weight is 360 g/mol. The molecule has 2 aromatic heterocycles. The molecule has 1 aromatic carbocycles. The molecule has 0 spiro atoms. The zero-order chi connectivity index (χ0) is 14.9. The number of halogens is 1. The Bertz CT molecular complexity index is 788. The van der Waals surface area contributed by atoms with Gasteiger partial charge in [-0.15, -0.1) is 0 Å². The van der Waals surface area contributed by atoms with Gasteiger partial charge in [0.1, 0.15) is 17.9 Å². The van der Waals surface area contributed by atoms with Crippen LogP contribution in [0.2, 0.25) is 0 Å². The lowest BCUT2D eigenvalue weighted by Gasteiger charge is -2.34. The molecular weight excluding hydrogens is 346 g/mol. The van der Waals surface area contributed by atoms with Gasteiger partial charge in [0.25, 0.3) is 0 Å². The molecule has 0 radical (unpaired) electrons. The Kier molecular flexibility index (Phi) is 3.51. The Balaban J connectivity index is 1.63. The van der Waals surface area contributed by atoms with Crippen LogP contribution < -0.4 is 4.90 Å². The van der Waals surface area contributed by atoms with Crippen molar-refractivity contribution in [2.45, 2.75) is 6.10 Å². The van der Waals surface area contributed by atoms with Gasteiger partial charge < -0.3 is 14.6 Å². The quantitative estimate of drug-likeness (QED) is 0.761. The summed E-state index contributed by atoms with van der Waals surface area (Å²) in [6.45, 7) is 2.23. The number of H-pyrrole nitrogens is 1. The molecule has 3 heterocycles. The minimum Gasteiger partial charge on any atom is -0.370 e. The second-order valence-electron chi connectivity index (χ2n) is 5.16. The lowest BCUT2D eigenvalue weighted by atomic mass is 10.1. The molecule has 4 rings (SSSR count). The van der Waals surface area contributed by atoms with Crippen LogP contribution in [0.4, 0.5) is 5.82 Å². The maximum atomic E-state index is 5.92. The van der Waals surface area contributed by atoms with Crippen molar-refractivity contribution >= 4 is 32.9 Å². The molecule has 6 nitrogen and oxygen atoms in total. The van der Waals surface area contributed by atoms with E-state index in [9.17, 15) is 0 Å².